The normalized spacial score (nSPS) is 16.4. The molecule has 34 heavy (non-hydrogen) atoms. The van der Waals surface area contributed by atoms with Gasteiger partial charge in [-0.15, -0.1) is 0 Å². The van der Waals surface area contributed by atoms with Crippen LogP contribution in [0.25, 0.3) is 11.2 Å². The number of aromatic nitrogens is 4. The molecule has 0 spiro atoms. The first-order chi connectivity index (χ1) is 16.2. The van der Waals surface area contributed by atoms with Crippen molar-refractivity contribution in [2.24, 2.45) is 14.1 Å². The zero-order chi connectivity index (χ0) is 24.8. The monoisotopic (exact) mass is 514 g/mol. The number of imidazole rings is 1. The maximum absolute atomic E-state index is 12.3. The van der Waals surface area contributed by atoms with Crippen LogP contribution in [-0.4, -0.2) is 115 Å². The lowest BCUT2D eigenvalue weighted by Crippen LogP contribution is -2.49. The molecule has 3 rings (SSSR count). The molecule has 0 aliphatic carbocycles. The van der Waals surface area contributed by atoms with E-state index in [9.17, 15) is 18.6 Å². The van der Waals surface area contributed by atoms with Gasteiger partial charge in [0.05, 0.1) is 5.75 Å². The smallest absolute Gasteiger partial charge is 0.327 e. The second kappa shape index (κ2) is 12.1. The second-order valence-electron chi connectivity index (χ2n) is 8.61. The molecule has 1 amide bonds. The van der Waals surface area contributed by atoms with Crippen LogP contribution in [0.5, 0.6) is 0 Å². The van der Waals surface area contributed by atoms with Crippen molar-refractivity contribution in [2.75, 3.05) is 71.4 Å². The molecule has 0 bridgehead atoms. The van der Waals surface area contributed by atoms with E-state index in [1.54, 1.807) is 7.05 Å². The molecular weight excluding hydrogens is 480 g/mol. The molecule has 0 radical (unpaired) electrons. The highest BCUT2D eigenvalue weighted by Gasteiger charge is 2.18. The molecule has 12 nitrogen and oxygen atoms in total. The van der Waals surface area contributed by atoms with Crippen molar-refractivity contribution in [3.8, 4) is 0 Å². The van der Waals surface area contributed by atoms with Crippen LogP contribution in [0.1, 0.15) is 6.42 Å². The number of carbonyl (C=O) groups excluding carboxylic acids is 1. The second-order valence-corrected chi connectivity index (χ2v) is 11.0. The van der Waals surface area contributed by atoms with Crippen molar-refractivity contribution in [3.05, 3.63) is 20.8 Å². The number of hydrogen-bond acceptors (Lipinski definition) is 9. The van der Waals surface area contributed by atoms with Gasteiger partial charge in [0.2, 0.25) is 5.91 Å². The van der Waals surface area contributed by atoms with Crippen molar-refractivity contribution in [3.63, 3.8) is 0 Å². The van der Waals surface area contributed by atoms with E-state index in [0.29, 0.717) is 23.2 Å². The molecule has 14 heteroatoms. The number of aryl methyl sites for hydroxylation is 1. The van der Waals surface area contributed by atoms with Crippen molar-refractivity contribution >= 4 is 39.8 Å². The summed E-state index contributed by atoms with van der Waals surface area (Å²) in [6.45, 7) is 6.70. The third-order valence-electron chi connectivity index (χ3n) is 5.79. The van der Waals surface area contributed by atoms with Gasteiger partial charge in [0, 0.05) is 72.1 Å². The number of carbonyl (C=O) groups is 1. The number of H-pyrrole nitrogens is 1. The van der Waals surface area contributed by atoms with Crippen LogP contribution in [0.3, 0.4) is 0 Å². The molecule has 1 fully saturated rings. The topological polar surface area (TPSA) is 129 Å². The maximum Gasteiger partial charge on any atom is 0.332 e. The lowest BCUT2D eigenvalue weighted by atomic mass is 10.3. The standard InChI is InChI=1S/C20H34N8O4S2/c1-24(2)6-7-27-8-10-28(11-9-27)12-14-34(32)23-15(29)5-13-33-19-21-16-17(22-19)25(3)20(31)26(4)18(16)30/h5-14H2,1-4H3,(H,21,22)(H,23,29). The number of likely N-dealkylation sites (N-methyl/N-ethyl adjacent to an activating group) is 1. The van der Waals surface area contributed by atoms with E-state index in [0.717, 1.165) is 43.8 Å². The molecule has 1 aliphatic heterocycles. The molecule has 0 saturated carbocycles. The van der Waals surface area contributed by atoms with Gasteiger partial charge in [0.25, 0.3) is 5.56 Å². The quantitative estimate of drug-likeness (QED) is 0.341. The summed E-state index contributed by atoms with van der Waals surface area (Å²) in [7, 11) is 5.69. The van der Waals surface area contributed by atoms with Gasteiger partial charge in [-0.25, -0.2) is 14.0 Å². The Morgan fingerprint density at radius 1 is 1.12 bits per heavy atom. The molecule has 0 aromatic carbocycles. The van der Waals surface area contributed by atoms with E-state index in [1.165, 1.54) is 23.4 Å². The summed E-state index contributed by atoms with van der Waals surface area (Å²) in [4.78, 5) is 50.5. The number of rotatable bonds is 11. The van der Waals surface area contributed by atoms with E-state index < -0.39 is 22.2 Å². The summed E-state index contributed by atoms with van der Waals surface area (Å²) in [6.07, 6.45) is 0.162. The highest BCUT2D eigenvalue weighted by atomic mass is 32.2. The minimum atomic E-state index is -1.42. The van der Waals surface area contributed by atoms with E-state index in [1.807, 2.05) is 0 Å². The minimum Gasteiger partial charge on any atom is -0.327 e. The van der Waals surface area contributed by atoms with Crippen LogP contribution in [0.4, 0.5) is 0 Å². The zero-order valence-corrected chi connectivity index (χ0v) is 21.8. The van der Waals surface area contributed by atoms with Gasteiger partial charge >= 0.3 is 5.69 Å². The van der Waals surface area contributed by atoms with Crippen LogP contribution in [0.2, 0.25) is 0 Å². The molecule has 1 atom stereocenters. The summed E-state index contributed by atoms with van der Waals surface area (Å²) < 4.78 is 17.1. The van der Waals surface area contributed by atoms with Gasteiger partial charge < -0.3 is 9.88 Å². The van der Waals surface area contributed by atoms with E-state index in [4.69, 9.17) is 0 Å². The van der Waals surface area contributed by atoms with E-state index in [2.05, 4.69) is 43.5 Å². The van der Waals surface area contributed by atoms with Gasteiger partial charge in [0.1, 0.15) is 11.0 Å². The number of aromatic amines is 1. The van der Waals surface area contributed by atoms with Crippen molar-refractivity contribution < 1.29 is 9.00 Å². The third kappa shape index (κ3) is 7.01. The summed E-state index contributed by atoms with van der Waals surface area (Å²) in [6, 6.07) is 0. The zero-order valence-electron chi connectivity index (χ0n) is 20.2. The summed E-state index contributed by atoms with van der Waals surface area (Å²) in [5, 5.41) is 0.451. The molecule has 1 unspecified atom stereocenters. The van der Waals surface area contributed by atoms with Gasteiger partial charge in [-0.2, -0.15) is 0 Å². The SMILES string of the molecule is CN(C)CCN1CCN(CCS(=O)NC(=O)CCSc2nc3c([nH]2)c(=O)n(C)c(=O)n3C)CC1. The number of thioether (sulfide) groups is 1. The number of nitrogens with zero attached hydrogens (tertiary/aromatic N) is 6. The fraction of sp³-hybridized carbons (Fsp3) is 0.700. The van der Waals surface area contributed by atoms with Crippen LogP contribution in [0, 0.1) is 0 Å². The molecule has 2 aromatic rings. The van der Waals surface area contributed by atoms with Gasteiger partial charge in [-0.1, -0.05) is 11.8 Å². The van der Waals surface area contributed by atoms with Crippen LogP contribution >= 0.6 is 11.8 Å². The molecule has 1 aliphatic rings. The molecule has 190 valence electrons. The fourth-order valence-corrected chi connectivity index (χ4v) is 5.32. The Balaban J connectivity index is 1.37. The lowest BCUT2D eigenvalue weighted by molar-refractivity contribution is -0.118. The third-order valence-corrected chi connectivity index (χ3v) is 7.67. The Labute approximate surface area is 205 Å². The van der Waals surface area contributed by atoms with E-state index >= 15 is 0 Å². The molecule has 2 aromatic heterocycles. The highest BCUT2D eigenvalue weighted by Crippen LogP contribution is 2.17. The fourth-order valence-electron chi connectivity index (χ4n) is 3.63. The van der Waals surface area contributed by atoms with Crippen molar-refractivity contribution in [2.45, 2.75) is 11.6 Å². The first-order valence-electron chi connectivity index (χ1n) is 11.2. The molecule has 2 N–H and O–H groups in total. The van der Waals surface area contributed by atoms with Crippen LogP contribution in [-0.2, 0) is 29.9 Å². The number of hydrogen-bond donors (Lipinski definition) is 2. The molecule has 3 heterocycles. The predicted octanol–water partition coefficient (Wildman–Crippen LogP) is -1.60. The van der Waals surface area contributed by atoms with Crippen LogP contribution < -0.4 is 16.0 Å². The minimum absolute atomic E-state index is 0.162. The molecule has 1 saturated heterocycles. The first-order valence-corrected chi connectivity index (χ1v) is 13.5. The first kappa shape index (κ1) is 26.6. The van der Waals surface area contributed by atoms with Crippen LogP contribution in [0.15, 0.2) is 14.7 Å². The summed E-state index contributed by atoms with van der Waals surface area (Å²) >= 11 is 1.27. The summed E-state index contributed by atoms with van der Waals surface area (Å²) in [5.74, 6) is 0.502. The average molecular weight is 515 g/mol. The highest BCUT2D eigenvalue weighted by molar-refractivity contribution is 7.99. The number of nitrogens with one attached hydrogen (secondary N) is 2. The summed E-state index contributed by atoms with van der Waals surface area (Å²) in [5.41, 5.74) is -0.370. The van der Waals surface area contributed by atoms with Crippen molar-refractivity contribution in [1.29, 1.82) is 0 Å². The average Bonchev–Trinajstić information content (AvgIpc) is 3.23. The Morgan fingerprint density at radius 2 is 1.76 bits per heavy atom. The van der Waals surface area contributed by atoms with Gasteiger partial charge in [-0.05, 0) is 14.1 Å². The Kier molecular flexibility index (Phi) is 9.47. The van der Waals surface area contributed by atoms with Crippen molar-refractivity contribution in [1.82, 2.24) is 38.5 Å². The largest absolute Gasteiger partial charge is 0.332 e. The number of piperazine rings is 1. The van der Waals surface area contributed by atoms with E-state index in [-0.39, 0.29) is 23.5 Å². The number of fused-ring (bicyclic) bond motifs is 1. The Bertz CT molecular complexity index is 1130. The molecular formula is C20H34N8O4S2. The lowest BCUT2D eigenvalue weighted by Gasteiger charge is -2.35. The number of amides is 1. The van der Waals surface area contributed by atoms with Gasteiger partial charge in [0.15, 0.2) is 16.3 Å². The Hall–Kier alpha value is -2.00. The Morgan fingerprint density at radius 3 is 2.41 bits per heavy atom. The van der Waals surface area contributed by atoms with Gasteiger partial charge in [-0.3, -0.25) is 33.2 Å². The predicted molar refractivity (Wildman–Crippen MR) is 135 cm³/mol. The maximum atomic E-state index is 12.3.